The van der Waals surface area contributed by atoms with Crippen LogP contribution in [0.25, 0.3) is 10.8 Å². The van der Waals surface area contributed by atoms with Crippen molar-refractivity contribution in [3.8, 4) is 0 Å². The van der Waals surface area contributed by atoms with E-state index in [-0.39, 0.29) is 30.1 Å². The lowest BCUT2D eigenvalue weighted by molar-refractivity contribution is -0.151. The Hall–Kier alpha value is -2.89. The average molecular weight is 382 g/mol. The number of benzene rings is 2. The predicted molar refractivity (Wildman–Crippen MR) is 107 cm³/mol. The third-order valence-corrected chi connectivity index (χ3v) is 5.10. The Labute approximate surface area is 164 Å². The largest absolute Gasteiger partial charge is 0.466 e. The first-order valence-corrected chi connectivity index (χ1v) is 9.80. The zero-order valence-electron chi connectivity index (χ0n) is 16.1. The van der Waals surface area contributed by atoms with Crippen molar-refractivity contribution < 1.29 is 19.1 Å². The fraction of sp³-hybridized carbons (Fsp3) is 0.409. The number of ether oxygens (including phenoxy) is 1. The number of piperidine rings is 1. The summed E-state index contributed by atoms with van der Waals surface area (Å²) in [4.78, 5) is 38.2. The van der Waals surface area contributed by atoms with Crippen LogP contribution in [0.2, 0.25) is 0 Å². The molecule has 0 saturated carbocycles. The first kappa shape index (κ1) is 19.9. The van der Waals surface area contributed by atoms with Gasteiger partial charge < -0.3 is 15.0 Å². The van der Waals surface area contributed by atoms with E-state index in [0.717, 1.165) is 10.8 Å². The molecule has 28 heavy (non-hydrogen) atoms. The summed E-state index contributed by atoms with van der Waals surface area (Å²) < 4.78 is 5.05. The molecular formula is C22H26N2O4. The molecule has 1 saturated heterocycles. The molecule has 1 aliphatic rings. The summed E-state index contributed by atoms with van der Waals surface area (Å²) in [6, 6.07) is 13.4. The average Bonchev–Trinajstić information content (AvgIpc) is 2.73. The Kier molecular flexibility index (Phi) is 6.63. The van der Waals surface area contributed by atoms with Gasteiger partial charge in [-0.05, 0) is 42.7 Å². The van der Waals surface area contributed by atoms with Crippen molar-refractivity contribution in [2.75, 3.05) is 26.2 Å². The number of carbonyl (C=O) groups is 3. The summed E-state index contributed by atoms with van der Waals surface area (Å²) in [5.41, 5.74) is 0.585. The molecule has 1 heterocycles. The molecule has 0 unspecified atom stereocenters. The molecule has 1 N–H and O–H groups in total. The SMILES string of the molecule is CCOC(=O)C1CCN(C(=O)CCNC(=O)c2ccc3ccccc3c2)CC1. The summed E-state index contributed by atoms with van der Waals surface area (Å²) in [7, 11) is 0. The van der Waals surface area contributed by atoms with Crippen molar-refractivity contribution in [3.05, 3.63) is 48.0 Å². The fourth-order valence-electron chi connectivity index (χ4n) is 3.50. The highest BCUT2D eigenvalue weighted by Gasteiger charge is 2.27. The van der Waals surface area contributed by atoms with Gasteiger partial charge in [-0.1, -0.05) is 30.3 Å². The second kappa shape index (κ2) is 9.35. The predicted octanol–water partition coefficient (Wildman–Crippen LogP) is 2.76. The van der Waals surface area contributed by atoms with E-state index < -0.39 is 0 Å². The summed E-state index contributed by atoms with van der Waals surface area (Å²) in [6.07, 6.45) is 1.52. The molecule has 2 aromatic rings. The molecule has 1 aliphatic heterocycles. The molecule has 3 rings (SSSR count). The van der Waals surface area contributed by atoms with Crippen LogP contribution >= 0.6 is 0 Å². The van der Waals surface area contributed by atoms with Crippen LogP contribution in [0.4, 0.5) is 0 Å². The Morgan fingerprint density at radius 2 is 1.79 bits per heavy atom. The number of nitrogens with zero attached hydrogens (tertiary/aromatic N) is 1. The summed E-state index contributed by atoms with van der Waals surface area (Å²) in [5.74, 6) is -0.463. The lowest BCUT2D eigenvalue weighted by Crippen LogP contribution is -2.41. The van der Waals surface area contributed by atoms with Crippen molar-refractivity contribution in [2.24, 2.45) is 5.92 Å². The minimum absolute atomic E-state index is 0.00104. The van der Waals surface area contributed by atoms with Crippen LogP contribution in [-0.2, 0) is 14.3 Å². The Morgan fingerprint density at radius 1 is 1.07 bits per heavy atom. The number of esters is 1. The van der Waals surface area contributed by atoms with E-state index in [1.165, 1.54) is 0 Å². The minimum Gasteiger partial charge on any atom is -0.466 e. The highest BCUT2D eigenvalue weighted by atomic mass is 16.5. The number of amides is 2. The van der Waals surface area contributed by atoms with Crippen LogP contribution in [0.3, 0.4) is 0 Å². The molecular weight excluding hydrogens is 356 g/mol. The molecule has 0 atom stereocenters. The van der Waals surface area contributed by atoms with Crippen LogP contribution in [0, 0.1) is 5.92 Å². The summed E-state index contributed by atoms with van der Waals surface area (Å²) >= 11 is 0. The molecule has 2 amide bonds. The molecule has 0 aromatic heterocycles. The lowest BCUT2D eigenvalue weighted by atomic mass is 9.97. The normalized spacial score (nSPS) is 14.7. The molecule has 1 fully saturated rings. The minimum atomic E-state index is -0.181. The van der Waals surface area contributed by atoms with E-state index in [0.29, 0.717) is 44.6 Å². The molecule has 0 aliphatic carbocycles. The zero-order chi connectivity index (χ0) is 19.9. The van der Waals surface area contributed by atoms with Crippen LogP contribution in [0.15, 0.2) is 42.5 Å². The quantitative estimate of drug-likeness (QED) is 0.780. The summed E-state index contributed by atoms with van der Waals surface area (Å²) in [6.45, 7) is 3.59. The number of nitrogens with one attached hydrogen (secondary N) is 1. The van der Waals surface area contributed by atoms with Gasteiger partial charge in [-0.15, -0.1) is 0 Å². The second-order valence-corrected chi connectivity index (χ2v) is 6.97. The molecule has 0 spiro atoms. The van der Waals surface area contributed by atoms with Crippen molar-refractivity contribution in [3.63, 3.8) is 0 Å². The van der Waals surface area contributed by atoms with Gasteiger partial charge >= 0.3 is 5.97 Å². The third kappa shape index (κ3) is 4.88. The number of carbonyl (C=O) groups excluding carboxylic acids is 3. The van der Waals surface area contributed by atoms with E-state index in [1.54, 1.807) is 17.9 Å². The third-order valence-electron chi connectivity index (χ3n) is 5.10. The molecule has 0 radical (unpaired) electrons. The number of rotatable bonds is 6. The van der Waals surface area contributed by atoms with E-state index in [9.17, 15) is 14.4 Å². The van der Waals surface area contributed by atoms with Crippen LogP contribution < -0.4 is 5.32 Å². The van der Waals surface area contributed by atoms with Gasteiger partial charge in [0.15, 0.2) is 0 Å². The van der Waals surface area contributed by atoms with E-state index >= 15 is 0 Å². The maximum absolute atomic E-state index is 12.4. The number of likely N-dealkylation sites (tertiary alicyclic amines) is 1. The first-order chi connectivity index (χ1) is 13.6. The number of hydrogen-bond donors (Lipinski definition) is 1. The molecule has 6 nitrogen and oxygen atoms in total. The van der Waals surface area contributed by atoms with Gasteiger partial charge in [0.1, 0.15) is 0 Å². The van der Waals surface area contributed by atoms with Crippen LogP contribution in [-0.4, -0.2) is 48.9 Å². The second-order valence-electron chi connectivity index (χ2n) is 6.97. The number of fused-ring (bicyclic) bond motifs is 1. The maximum Gasteiger partial charge on any atom is 0.309 e. The lowest BCUT2D eigenvalue weighted by Gasteiger charge is -2.31. The van der Waals surface area contributed by atoms with Gasteiger partial charge in [-0.3, -0.25) is 14.4 Å². The summed E-state index contributed by atoms with van der Waals surface area (Å²) in [5, 5.41) is 4.91. The van der Waals surface area contributed by atoms with Gasteiger partial charge in [-0.2, -0.15) is 0 Å². The van der Waals surface area contributed by atoms with Crippen molar-refractivity contribution in [1.29, 1.82) is 0 Å². The molecule has 6 heteroatoms. The van der Waals surface area contributed by atoms with Gasteiger partial charge in [0.05, 0.1) is 12.5 Å². The van der Waals surface area contributed by atoms with Crippen molar-refractivity contribution in [2.45, 2.75) is 26.2 Å². The van der Waals surface area contributed by atoms with Crippen LogP contribution in [0.1, 0.15) is 36.5 Å². The van der Waals surface area contributed by atoms with E-state index in [4.69, 9.17) is 4.74 Å². The molecule has 2 aromatic carbocycles. The molecule has 148 valence electrons. The van der Waals surface area contributed by atoms with Gasteiger partial charge in [0.25, 0.3) is 5.91 Å². The van der Waals surface area contributed by atoms with Gasteiger partial charge in [-0.25, -0.2) is 0 Å². The van der Waals surface area contributed by atoms with Gasteiger partial charge in [0, 0.05) is 31.6 Å². The first-order valence-electron chi connectivity index (χ1n) is 9.80. The smallest absolute Gasteiger partial charge is 0.309 e. The highest BCUT2D eigenvalue weighted by molar-refractivity contribution is 5.98. The Morgan fingerprint density at radius 3 is 2.50 bits per heavy atom. The van der Waals surface area contributed by atoms with Crippen molar-refractivity contribution >= 4 is 28.6 Å². The topological polar surface area (TPSA) is 75.7 Å². The fourth-order valence-corrected chi connectivity index (χ4v) is 3.50. The maximum atomic E-state index is 12.4. The molecule has 0 bridgehead atoms. The number of hydrogen-bond acceptors (Lipinski definition) is 4. The van der Waals surface area contributed by atoms with E-state index in [1.807, 2.05) is 36.4 Å². The standard InChI is InChI=1S/C22H26N2O4/c1-2-28-22(27)17-10-13-24(14-11-17)20(25)9-12-23-21(26)19-8-7-16-5-3-4-6-18(16)15-19/h3-8,15,17H,2,9-14H2,1H3,(H,23,26). The van der Waals surface area contributed by atoms with Crippen LogP contribution in [0.5, 0.6) is 0 Å². The highest BCUT2D eigenvalue weighted by Crippen LogP contribution is 2.19. The van der Waals surface area contributed by atoms with Gasteiger partial charge in [0.2, 0.25) is 5.91 Å². The van der Waals surface area contributed by atoms with E-state index in [2.05, 4.69) is 5.32 Å². The Bertz CT molecular complexity index is 856. The Balaban J connectivity index is 1.43. The van der Waals surface area contributed by atoms with Crippen molar-refractivity contribution in [1.82, 2.24) is 10.2 Å². The monoisotopic (exact) mass is 382 g/mol. The zero-order valence-corrected chi connectivity index (χ0v) is 16.1.